The number of carbonyl (C=O) groups excluding carboxylic acids is 2. The van der Waals surface area contributed by atoms with Crippen LogP contribution in [0.4, 0.5) is 0 Å². The van der Waals surface area contributed by atoms with E-state index < -0.39 is 0 Å². The van der Waals surface area contributed by atoms with Crippen molar-refractivity contribution in [3.8, 4) is 0 Å². The van der Waals surface area contributed by atoms with Gasteiger partial charge in [-0.15, -0.1) is 0 Å². The average molecular weight is 170 g/mol. The SMILES string of the molecule is CC(=O)NN1CCCCCC1=O. The molecule has 2 amide bonds. The Morgan fingerprint density at radius 2 is 2.17 bits per heavy atom. The molecule has 1 heterocycles. The Morgan fingerprint density at radius 3 is 2.83 bits per heavy atom. The third kappa shape index (κ3) is 2.53. The van der Waals surface area contributed by atoms with Crippen molar-refractivity contribution in [2.75, 3.05) is 6.54 Å². The summed E-state index contributed by atoms with van der Waals surface area (Å²) in [5.41, 5.74) is 2.52. The lowest BCUT2D eigenvalue weighted by Crippen LogP contribution is -2.44. The second kappa shape index (κ2) is 4.09. The van der Waals surface area contributed by atoms with E-state index in [1.54, 1.807) is 0 Å². The monoisotopic (exact) mass is 170 g/mol. The van der Waals surface area contributed by atoms with E-state index in [2.05, 4.69) is 5.43 Å². The maximum Gasteiger partial charge on any atom is 0.240 e. The molecule has 12 heavy (non-hydrogen) atoms. The van der Waals surface area contributed by atoms with Gasteiger partial charge in [-0.1, -0.05) is 6.42 Å². The molecule has 4 heteroatoms. The molecule has 0 aromatic carbocycles. The zero-order valence-corrected chi connectivity index (χ0v) is 7.30. The van der Waals surface area contributed by atoms with Crippen molar-refractivity contribution in [3.05, 3.63) is 0 Å². The molecule has 0 aromatic rings. The second-order valence-electron chi connectivity index (χ2n) is 3.02. The van der Waals surface area contributed by atoms with Crippen LogP contribution in [0.2, 0.25) is 0 Å². The summed E-state index contributed by atoms with van der Waals surface area (Å²) in [6.45, 7) is 2.07. The quantitative estimate of drug-likeness (QED) is 0.620. The Labute approximate surface area is 71.9 Å². The number of hydrazine groups is 1. The minimum absolute atomic E-state index is 0.0303. The van der Waals surface area contributed by atoms with Crippen LogP contribution in [0.3, 0.4) is 0 Å². The predicted molar refractivity (Wildman–Crippen MR) is 44.0 cm³/mol. The molecule has 1 fully saturated rings. The van der Waals surface area contributed by atoms with Gasteiger partial charge < -0.3 is 0 Å². The molecule has 0 saturated carbocycles. The second-order valence-corrected chi connectivity index (χ2v) is 3.02. The van der Waals surface area contributed by atoms with Crippen molar-refractivity contribution in [3.63, 3.8) is 0 Å². The van der Waals surface area contributed by atoms with E-state index in [-0.39, 0.29) is 11.8 Å². The highest BCUT2D eigenvalue weighted by molar-refractivity contribution is 5.80. The van der Waals surface area contributed by atoms with E-state index in [9.17, 15) is 9.59 Å². The van der Waals surface area contributed by atoms with Gasteiger partial charge in [0.25, 0.3) is 0 Å². The summed E-state index contributed by atoms with van der Waals surface area (Å²) in [5, 5.41) is 1.43. The summed E-state index contributed by atoms with van der Waals surface area (Å²) in [6, 6.07) is 0. The van der Waals surface area contributed by atoms with Crippen LogP contribution in [0.1, 0.15) is 32.6 Å². The van der Waals surface area contributed by atoms with Crippen LogP contribution >= 0.6 is 0 Å². The topological polar surface area (TPSA) is 49.4 Å². The molecule has 0 unspecified atom stereocenters. The van der Waals surface area contributed by atoms with E-state index in [1.807, 2.05) is 0 Å². The molecule has 1 N–H and O–H groups in total. The first-order valence-corrected chi connectivity index (χ1v) is 4.28. The molecular formula is C8H14N2O2. The normalized spacial score (nSPS) is 18.8. The van der Waals surface area contributed by atoms with Crippen molar-refractivity contribution in [1.82, 2.24) is 10.4 Å². The summed E-state index contributed by atoms with van der Waals surface area (Å²) < 4.78 is 0. The fraction of sp³-hybridized carbons (Fsp3) is 0.750. The fourth-order valence-corrected chi connectivity index (χ4v) is 1.29. The van der Waals surface area contributed by atoms with Gasteiger partial charge in [0, 0.05) is 19.9 Å². The molecular weight excluding hydrogens is 156 g/mol. The van der Waals surface area contributed by atoms with Gasteiger partial charge in [-0.25, -0.2) is 0 Å². The van der Waals surface area contributed by atoms with E-state index in [1.165, 1.54) is 11.9 Å². The maximum absolute atomic E-state index is 11.3. The number of hydrogen-bond acceptors (Lipinski definition) is 2. The Balaban J connectivity index is 2.47. The molecule has 1 aliphatic rings. The lowest BCUT2D eigenvalue weighted by Gasteiger charge is -2.19. The Bertz CT molecular complexity index is 191. The van der Waals surface area contributed by atoms with Gasteiger partial charge in [0.05, 0.1) is 0 Å². The number of hydrogen-bond donors (Lipinski definition) is 1. The lowest BCUT2D eigenvalue weighted by molar-refractivity contribution is -0.140. The van der Waals surface area contributed by atoms with Crippen LogP contribution in [0.25, 0.3) is 0 Å². The van der Waals surface area contributed by atoms with Crippen molar-refractivity contribution in [1.29, 1.82) is 0 Å². The van der Waals surface area contributed by atoms with Gasteiger partial charge in [-0.05, 0) is 12.8 Å². The number of nitrogens with one attached hydrogen (secondary N) is 1. The maximum atomic E-state index is 11.3. The van der Waals surface area contributed by atoms with Crippen LogP contribution in [0, 0.1) is 0 Å². The molecule has 0 radical (unpaired) electrons. The number of rotatable bonds is 1. The van der Waals surface area contributed by atoms with Crippen molar-refractivity contribution >= 4 is 11.8 Å². The van der Waals surface area contributed by atoms with Crippen LogP contribution in [-0.2, 0) is 9.59 Å². The van der Waals surface area contributed by atoms with Gasteiger partial charge in [0.2, 0.25) is 11.8 Å². The highest BCUT2D eigenvalue weighted by Gasteiger charge is 2.16. The first-order valence-electron chi connectivity index (χ1n) is 4.28. The molecule has 4 nitrogen and oxygen atoms in total. The van der Waals surface area contributed by atoms with Gasteiger partial charge >= 0.3 is 0 Å². The van der Waals surface area contributed by atoms with E-state index >= 15 is 0 Å². The van der Waals surface area contributed by atoms with Crippen molar-refractivity contribution in [2.24, 2.45) is 0 Å². The van der Waals surface area contributed by atoms with Crippen LogP contribution in [0.5, 0.6) is 0 Å². The number of nitrogens with zero attached hydrogens (tertiary/aromatic N) is 1. The highest BCUT2D eigenvalue weighted by atomic mass is 16.2. The lowest BCUT2D eigenvalue weighted by atomic mass is 10.2. The minimum Gasteiger partial charge on any atom is -0.274 e. The first-order chi connectivity index (χ1) is 5.70. The molecule has 0 aliphatic carbocycles. The Kier molecular flexibility index (Phi) is 3.08. The van der Waals surface area contributed by atoms with E-state index in [0.717, 1.165) is 19.3 Å². The molecule has 1 saturated heterocycles. The first kappa shape index (κ1) is 9.03. The molecule has 1 rings (SSSR count). The molecule has 0 aromatic heterocycles. The van der Waals surface area contributed by atoms with Crippen LogP contribution in [-0.4, -0.2) is 23.4 Å². The standard InChI is InChI=1S/C8H14N2O2/c1-7(11)9-10-6-4-2-3-5-8(10)12/h2-6H2,1H3,(H,9,11). The fourth-order valence-electron chi connectivity index (χ4n) is 1.29. The Morgan fingerprint density at radius 1 is 1.42 bits per heavy atom. The average Bonchev–Trinajstić information content (AvgIpc) is 2.16. The molecule has 1 aliphatic heterocycles. The third-order valence-electron chi connectivity index (χ3n) is 1.87. The van der Waals surface area contributed by atoms with Gasteiger partial charge in [-0.2, -0.15) is 0 Å². The predicted octanol–water partition coefficient (Wildman–Crippen LogP) is 0.440. The smallest absolute Gasteiger partial charge is 0.240 e. The van der Waals surface area contributed by atoms with Gasteiger partial charge in [-0.3, -0.25) is 20.0 Å². The zero-order valence-electron chi connectivity index (χ0n) is 7.30. The minimum atomic E-state index is -0.176. The summed E-state index contributed by atoms with van der Waals surface area (Å²) in [6.07, 6.45) is 3.54. The van der Waals surface area contributed by atoms with Crippen molar-refractivity contribution < 1.29 is 9.59 Å². The van der Waals surface area contributed by atoms with E-state index in [4.69, 9.17) is 0 Å². The summed E-state index contributed by atoms with van der Waals surface area (Å²) >= 11 is 0. The molecule has 68 valence electrons. The zero-order chi connectivity index (χ0) is 8.97. The summed E-state index contributed by atoms with van der Waals surface area (Å²) in [5.74, 6) is -0.145. The Hall–Kier alpha value is -1.06. The van der Waals surface area contributed by atoms with Crippen LogP contribution in [0.15, 0.2) is 0 Å². The summed E-state index contributed by atoms with van der Waals surface area (Å²) in [7, 11) is 0. The van der Waals surface area contributed by atoms with E-state index in [0.29, 0.717) is 13.0 Å². The largest absolute Gasteiger partial charge is 0.274 e. The number of amides is 2. The summed E-state index contributed by atoms with van der Waals surface area (Å²) in [4.78, 5) is 21.9. The highest BCUT2D eigenvalue weighted by Crippen LogP contribution is 2.08. The van der Waals surface area contributed by atoms with Gasteiger partial charge in [0.1, 0.15) is 0 Å². The molecule has 0 bridgehead atoms. The third-order valence-corrected chi connectivity index (χ3v) is 1.87. The molecule has 0 atom stereocenters. The molecule has 0 spiro atoms. The van der Waals surface area contributed by atoms with Crippen LogP contribution < -0.4 is 5.43 Å². The van der Waals surface area contributed by atoms with Gasteiger partial charge in [0.15, 0.2) is 0 Å². The number of carbonyl (C=O) groups is 2. The van der Waals surface area contributed by atoms with Crippen molar-refractivity contribution in [2.45, 2.75) is 32.6 Å².